The van der Waals surface area contributed by atoms with Crippen LogP contribution in [0.1, 0.15) is 10.4 Å². The smallest absolute Gasteiger partial charge is 0.251 e. The summed E-state index contributed by atoms with van der Waals surface area (Å²) in [5.41, 5.74) is 1.88. The van der Waals surface area contributed by atoms with Crippen molar-refractivity contribution in [3.8, 4) is 11.4 Å². The molecule has 212 valence electrons. The van der Waals surface area contributed by atoms with Crippen molar-refractivity contribution in [1.29, 1.82) is 0 Å². The Bertz CT molecular complexity index is 1390. The number of aromatic nitrogens is 3. The van der Waals surface area contributed by atoms with Gasteiger partial charge in [-0.1, -0.05) is 6.07 Å². The number of pyridine rings is 3. The van der Waals surface area contributed by atoms with Crippen LogP contribution in [0.2, 0.25) is 0 Å². The summed E-state index contributed by atoms with van der Waals surface area (Å²) in [5, 5.41) is 14.2. The summed E-state index contributed by atoms with van der Waals surface area (Å²) in [4.78, 5) is 84.0. The topological polar surface area (TPSA) is 213 Å². The molecule has 0 fully saturated rings. The van der Waals surface area contributed by atoms with E-state index in [2.05, 4.69) is 46.9 Å². The second-order valence-corrected chi connectivity index (χ2v) is 8.22. The summed E-state index contributed by atoms with van der Waals surface area (Å²) in [6.45, 7) is -1.98. The van der Waals surface area contributed by atoms with Crippen molar-refractivity contribution in [1.82, 2.24) is 41.5 Å². The van der Waals surface area contributed by atoms with Gasteiger partial charge in [0, 0.05) is 36.0 Å². The van der Waals surface area contributed by atoms with Gasteiger partial charge < -0.3 is 31.9 Å². The molecular formula is C26H27N9O6. The zero-order valence-electron chi connectivity index (χ0n) is 21.7. The molecule has 0 aliphatic rings. The lowest BCUT2D eigenvalue weighted by Crippen LogP contribution is -2.46. The highest BCUT2D eigenvalue weighted by molar-refractivity contribution is 5.98. The first-order valence-corrected chi connectivity index (χ1v) is 12.2. The van der Waals surface area contributed by atoms with Crippen LogP contribution >= 0.6 is 0 Å². The maximum absolute atomic E-state index is 12.4. The summed E-state index contributed by atoms with van der Waals surface area (Å²) in [6.07, 6.45) is 6.06. The first kappa shape index (κ1) is 29.8. The molecule has 0 aliphatic heterocycles. The van der Waals surface area contributed by atoms with Crippen molar-refractivity contribution in [2.45, 2.75) is 0 Å². The summed E-state index contributed by atoms with van der Waals surface area (Å²) in [6, 6.07) is 11.5. The lowest BCUT2D eigenvalue weighted by Gasteiger charge is -2.09. The molecule has 0 unspecified atom stereocenters. The molecule has 3 rings (SSSR count). The van der Waals surface area contributed by atoms with Crippen molar-refractivity contribution < 1.29 is 28.8 Å². The van der Waals surface area contributed by atoms with E-state index in [0.717, 1.165) is 0 Å². The number of carbonyl (C=O) groups excluding carboxylic acids is 6. The van der Waals surface area contributed by atoms with E-state index in [1.165, 1.54) is 24.7 Å². The number of nitrogens with one attached hydrogen (secondary N) is 6. The van der Waals surface area contributed by atoms with Crippen LogP contribution in [0.3, 0.4) is 0 Å². The molecule has 0 atom stereocenters. The maximum atomic E-state index is 12.4. The number of hydrogen-bond donors (Lipinski definition) is 6. The third kappa shape index (κ3) is 10.9. The Morgan fingerprint density at radius 2 is 1.07 bits per heavy atom. The average molecular weight is 562 g/mol. The Balaban J connectivity index is 1.26. The van der Waals surface area contributed by atoms with Crippen molar-refractivity contribution >= 4 is 41.1 Å². The van der Waals surface area contributed by atoms with E-state index in [1.807, 2.05) is 0 Å². The molecule has 41 heavy (non-hydrogen) atoms. The monoisotopic (exact) mass is 561 g/mol. The number of hydrogen-bond acceptors (Lipinski definition) is 9. The zero-order valence-corrected chi connectivity index (χ0v) is 21.7. The van der Waals surface area contributed by atoms with Gasteiger partial charge in [0.25, 0.3) is 5.91 Å². The van der Waals surface area contributed by atoms with Crippen molar-refractivity contribution in [3.63, 3.8) is 0 Å². The fourth-order valence-corrected chi connectivity index (χ4v) is 3.09. The Hall–Kier alpha value is -5.73. The quantitative estimate of drug-likeness (QED) is 0.141. The molecule has 0 aliphatic carbocycles. The summed E-state index contributed by atoms with van der Waals surface area (Å²) in [7, 11) is 0. The highest BCUT2D eigenvalue weighted by Gasteiger charge is 2.13. The van der Waals surface area contributed by atoms with Crippen LogP contribution in [-0.4, -0.2) is 83.1 Å². The lowest BCUT2D eigenvalue weighted by atomic mass is 10.1. The molecule has 6 amide bonds. The minimum Gasteiger partial charge on any atom is -0.346 e. The Kier molecular flexibility index (Phi) is 11.4. The minimum atomic E-state index is -0.661. The van der Waals surface area contributed by atoms with Gasteiger partial charge in [0.1, 0.15) is 0 Å². The van der Waals surface area contributed by atoms with Gasteiger partial charge in [-0.2, -0.15) is 0 Å². The van der Waals surface area contributed by atoms with Crippen molar-refractivity contribution in [2.24, 2.45) is 0 Å². The first-order valence-electron chi connectivity index (χ1n) is 12.2. The molecule has 6 N–H and O–H groups in total. The molecule has 3 aromatic heterocycles. The molecular weight excluding hydrogens is 534 g/mol. The van der Waals surface area contributed by atoms with Crippen LogP contribution < -0.4 is 31.9 Å². The maximum Gasteiger partial charge on any atom is 0.251 e. The van der Waals surface area contributed by atoms with E-state index >= 15 is 0 Å². The van der Waals surface area contributed by atoms with Gasteiger partial charge >= 0.3 is 0 Å². The van der Waals surface area contributed by atoms with Gasteiger partial charge in [0.05, 0.1) is 44.1 Å². The van der Waals surface area contributed by atoms with Crippen LogP contribution in [0.5, 0.6) is 0 Å². The number of anilines is 1. The predicted molar refractivity (Wildman–Crippen MR) is 145 cm³/mol. The van der Waals surface area contributed by atoms with E-state index in [4.69, 9.17) is 0 Å². The van der Waals surface area contributed by atoms with Crippen LogP contribution in [0.15, 0.2) is 67.3 Å². The molecule has 15 heteroatoms. The van der Waals surface area contributed by atoms with Gasteiger partial charge in [-0.05, 0) is 36.4 Å². The third-order valence-electron chi connectivity index (χ3n) is 5.11. The lowest BCUT2D eigenvalue weighted by molar-refractivity contribution is -0.128. The normalized spacial score (nSPS) is 10.0. The largest absolute Gasteiger partial charge is 0.346 e. The fourth-order valence-electron chi connectivity index (χ4n) is 3.09. The Labute approximate surface area is 233 Å². The molecule has 0 bridgehead atoms. The zero-order chi connectivity index (χ0) is 29.5. The molecule has 3 heterocycles. The second kappa shape index (κ2) is 15.6. The van der Waals surface area contributed by atoms with Gasteiger partial charge in [0.15, 0.2) is 0 Å². The highest BCUT2D eigenvalue weighted by atomic mass is 16.2. The van der Waals surface area contributed by atoms with Gasteiger partial charge in [-0.3, -0.25) is 43.7 Å². The third-order valence-corrected chi connectivity index (χ3v) is 5.11. The molecule has 0 saturated carbocycles. The minimum absolute atomic E-state index is 0.277. The van der Waals surface area contributed by atoms with Crippen molar-refractivity contribution in [3.05, 3.63) is 72.8 Å². The predicted octanol–water partition coefficient (Wildman–Crippen LogP) is -1.63. The average Bonchev–Trinajstić information content (AvgIpc) is 3.00. The van der Waals surface area contributed by atoms with E-state index < -0.39 is 55.1 Å². The van der Waals surface area contributed by atoms with Crippen LogP contribution in [-0.2, 0) is 24.0 Å². The number of rotatable bonds is 13. The van der Waals surface area contributed by atoms with E-state index in [-0.39, 0.29) is 18.7 Å². The molecule has 15 nitrogen and oxygen atoms in total. The number of amides is 6. The van der Waals surface area contributed by atoms with Crippen LogP contribution in [0, 0.1) is 0 Å². The number of carbonyl (C=O) groups is 6. The first-order chi connectivity index (χ1) is 19.8. The summed E-state index contributed by atoms with van der Waals surface area (Å²) >= 11 is 0. The van der Waals surface area contributed by atoms with Crippen molar-refractivity contribution in [2.75, 3.05) is 38.0 Å². The van der Waals surface area contributed by atoms with E-state index in [9.17, 15) is 28.8 Å². The summed E-state index contributed by atoms with van der Waals surface area (Å²) in [5.74, 6) is -3.52. The summed E-state index contributed by atoms with van der Waals surface area (Å²) < 4.78 is 0. The highest BCUT2D eigenvalue weighted by Crippen LogP contribution is 2.14. The Morgan fingerprint density at radius 1 is 0.537 bits per heavy atom. The Morgan fingerprint density at radius 3 is 1.63 bits per heavy atom. The second-order valence-electron chi connectivity index (χ2n) is 8.22. The van der Waals surface area contributed by atoms with Crippen LogP contribution in [0.4, 0.5) is 5.69 Å². The molecule has 0 spiro atoms. The van der Waals surface area contributed by atoms with E-state index in [1.54, 1.807) is 42.6 Å². The molecule has 0 radical (unpaired) electrons. The van der Waals surface area contributed by atoms with Gasteiger partial charge in [-0.25, -0.2) is 0 Å². The van der Waals surface area contributed by atoms with E-state index in [0.29, 0.717) is 17.1 Å². The fraction of sp³-hybridized carbons (Fsp3) is 0.192. The van der Waals surface area contributed by atoms with Gasteiger partial charge in [0.2, 0.25) is 29.5 Å². The standard InChI is InChI=1S/C26H27N9O6/c36-21(31-14-23(38)33-16-25(40)35-18-5-8-27-9-6-18)12-30-22(37)13-32-24(39)15-34-26(41)17-4-10-29-20(11-17)19-3-1-2-7-28-19/h1-11H,12-16H2,(H,30,37)(H,31,36)(H,32,39)(H,33,38)(H,34,41)(H,27,35,40). The SMILES string of the molecule is O=C(CNC(=O)CNC(=O)CNC(=O)c1ccnc(-c2ccccn2)c1)NCC(=O)NCC(=O)Nc1ccncc1. The molecule has 0 saturated heterocycles. The van der Waals surface area contributed by atoms with Crippen LogP contribution in [0.25, 0.3) is 11.4 Å². The van der Waals surface area contributed by atoms with Gasteiger partial charge in [-0.15, -0.1) is 0 Å². The molecule has 3 aromatic rings. The molecule has 0 aromatic carbocycles. The number of nitrogens with zero attached hydrogens (tertiary/aromatic N) is 3.